The molecule has 0 heterocycles. The van der Waals surface area contributed by atoms with E-state index in [4.69, 9.17) is 11.6 Å². The molecule has 0 aliphatic carbocycles. The van der Waals surface area contributed by atoms with Gasteiger partial charge in [0.1, 0.15) is 0 Å². The van der Waals surface area contributed by atoms with E-state index in [9.17, 15) is 0 Å². The van der Waals surface area contributed by atoms with Crippen molar-refractivity contribution in [3.8, 4) is 0 Å². The Morgan fingerprint density at radius 2 is 1.92 bits per heavy atom. The van der Waals surface area contributed by atoms with Crippen LogP contribution in [-0.4, -0.2) is 12.4 Å². The smallest absolute Gasteiger partial charge is 0.0340 e. The van der Waals surface area contributed by atoms with E-state index in [2.05, 4.69) is 36.5 Å². The van der Waals surface area contributed by atoms with E-state index in [0.717, 1.165) is 25.3 Å². The highest BCUT2D eigenvalue weighted by atomic mass is 35.5. The summed E-state index contributed by atoms with van der Waals surface area (Å²) in [5.74, 6) is 0.722. The van der Waals surface area contributed by atoms with Crippen molar-refractivity contribution in [2.75, 3.05) is 17.7 Å². The van der Waals surface area contributed by atoms with Crippen LogP contribution in [0.25, 0.3) is 0 Å². The number of benzene rings is 1. The molecule has 0 aromatic heterocycles. The van der Waals surface area contributed by atoms with Crippen molar-refractivity contribution in [2.45, 2.75) is 19.8 Å². The second-order valence-corrected chi connectivity index (χ2v) is 3.40. The monoisotopic (exact) mass is 197 g/mol. The Labute approximate surface area is 85.1 Å². The Bertz CT molecular complexity index is 230. The molecule has 0 amide bonds. The number of hydrogen-bond acceptors (Lipinski definition) is 1. The van der Waals surface area contributed by atoms with Gasteiger partial charge in [-0.2, -0.15) is 0 Å². The molecule has 1 N–H and O–H groups in total. The quantitative estimate of drug-likeness (QED) is 0.564. The molecule has 72 valence electrons. The predicted molar refractivity (Wildman–Crippen MR) is 59.6 cm³/mol. The van der Waals surface area contributed by atoms with E-state index in [1.54, 1.807) is 0 Å². The average molecular weight is 198 g/mol. The van der Waals surface area contributed by atoms with Gasteiger partial charge in [-0.1, -0.05) is 19.1 Å². The molecular formula is C11H16ClN. The summed E-state index contributed by atoms with van der Waals surface area (Å²) in [5, 5.41) is 3.31. The Balaban J connectivity index is 2.40. The molecule has 0 radical (unpaired) electrons. The van der Waals surface area contributed by atoms with E-state index in [1.165, 1.54) is 11.3 Å². The van der Waals surface area contributed by atoms with Gasteiger partial charge in [0.25, 0.3) is 0 Å². The van der Waals surface area contributed by atoms with Crippen LogP contribution >= 0.6 is 11.6 Å². The Morgan fingerprint density at radius 3 is 2.46 bits per heavy atom. The van der Waals surface area contributed by atoms with Crippen molar-refractivity contribution in [2.24, 2.45) is 0 Å². The second kappa shape index (κ2) is 5.87. The first kappa shape index (κ1) is 10.4. The second-order valence-electron chi connectivity index (χ2n) is 3.02. The lowest BCUT2D eigenvalue weighted by atomic mass is 10.1. The minimum Gasteiger partial charge on any atom is -0.385 e. The van der Waals surface area contributed by atoms with Gasteiger partial charge in [-0.3, -0.25) is 0 Å². The average Bonchev–Trinajstić information content (AvgIpc) is 2.19. The van der Waals surface area contributed by atoms with Crippen LogP contribution in [0.2, 0.25) is 0 Å². The molecule has 0 saturated carbocycles. The fraction of sp³-hybridized carbons (Fsp3) is 0.455. The molecule has 0 spiro atoms. The van der Waals surface area contributed by atoms with Gasteiger partial charge >= 0.3 is 0 Å². The van der Waals surface area contributed by atoms with Gasteiger partial charge in [0, 0.05) is 18.1 Å². The van der Waals surface area contributed by atoms with Crippen LogP contribution < -0.4 is 5.32 Å². The molecule has 2 heteroatoms. The van der Waals surface area contributed by atoms with Crippen LogP contribution in [0.4, 0.5) is 5.69 Å². The molecule has 1 aromatic carbocycles. The Hall–Kier alpha value is -0.690. The van der Waals surface area contributed by atoms with E-state index >= 15 is 0 Å². The summed E-state index contributed by atoms with van der Waals surface area (Å²) in [6, 6.07) is 8.55. The molecule has 0 atom stereocenters. The normalized spacial score (nSPS) is 10.0. The lowest BCUT2D eigenvalue weighted by molar-refractivity contribution is 0.986. The SMILES string of the molecule is CCc1ccc(NCCCCl)cc1. The first-order valence-corrected chi connectivity index (χ1v) is 5.29. The van der Waals surface area contributed by atoms with Crippen molar-refractivity contribution in [1.82, 2.24) is 0 Å². The van der Waals surface area contributed by atoms with Gasteiger partial charge in [0.05, 0.1) is 0 Å². The summed E-state index contributed by atoms with van der Waals surface area (Å²) in [6.45, 7) is 3.12. The first-order valence-electron chi connectivity index (χ1n) is 4.75. The third-order valence-electron chi connectivity index (χ3n) is 2.00. The summed E-state index contributed by atoms with van der Waals surface area (Å²) in [6.07, 6.45) is 2.11. The van der Waals surface area contributed by atoms with Crippen molar-refractivity contribution < 1.29 is 0 Å². The lowest BCUT2D eigenvalue weighted by Gasteiger charge is -2.05. The van der Waals surface area contributed by atoms with Gasteiger partial charge in [0.15, 0.2) is 0 Å². The van der Waals surface area contributed by atoms with Crippen LogP contribution in [0.5, 0.6) is 0 Å². The molecule has 1 rings (SSSR count). The number of hydrogen-bond donors (Lipinski definition) is 1. The largest absolute Gasteiger partial charge is 0.385 e. The molecule has 1 aromatic rings. The highest BCUT2D eigenvalue weighted by molar-refractivity contribution is 6.17. The van der Waals surface area contributed by atoms with Gasteiger partial charge in [-0.05, 0) is 30.5 Å². The Morgan fingerprint density at radius 1 is 1.23 bits per heavy atom. The number of halogens is 1. The molecule has 0 aliphatic rings. The number of anilines is 1. The molecule has 0 fully saturated rings. The van der Waals surface area contributed by atoms with Gasteiger partial charge in [-0.15, -0.1) is 11.6 Å². The highest BCUT2D eigenvalue weighted by Gasteiger charge is 1.91. The molecule has 0 saturated heterocycles. The molecule has 13 heavy (non-hydrogen) atoms. The van der Waals surface area contributed by atoms with Crippen LogP contribution in [-0.2, 0) is 6.42 Å². The van der Waals surface area contributed by atoms with Crippen LogP contribution in [0, 0.1) is 0 Å². The van der Waals surface area contributed by atoms with Crippen LogP contribution in [0.3, 0.4) is 0 Å². The highest BCUT2D eigenvalue weighted by Crippen LogP contribution is 2.09. The number of alkyl halides is 1. The van der Waals surface area contributed by atoms with Crippen molar-refractivity contribution in [3.63, 3.8) is 0 Å². The molecule has 1 nitrogen and oxygen atoms in total. The summed E-state index contributed by atoms with van der Waals surface area (Å²) in [4.78, 5) is 0. The number of aryl methyl sites for hydroxylation is 1. The summed E-state index contributed by atoms with van der Waals surface area (Å²) in [7, 11) is 0. The molecular weight excluding hydrogens is 182 g/mol. The zero-order chi connectivity index (χ0) is 9.52. The number of nitrogens with one attached hydrogen (secondary N) is 1. The minimum atomic E-state index is 0.722. The lowest BCUT2D eigenvalue weighted by Crippen LogP contribution is -2.01. The maximum atomic E-state index is 5.58. The minimum absolute atomic E-state index is 0.722. The zero-order valence-corrected chi connectivity index (χ0v) is 8.77. The van der Waals surface area contributed by atoms with E-state index in [0.29, 0.717) is 0 Å². The molecule has 0 bridgehead atoms. The fourth-order valence-corrected chi connectivity index (χ4v) is 1.29. The van der Waals surface area contributed by atoms with Gasteiger partial charge < -0.3 is 5.32 Å². The van der Waals surface area contributed by atoms with Crippen molar-refractivity contribution >= 4 is 17.3 Å². The predicted octanol–water partition coefficient (Wildman–Crippen LogP) is 3.29. The molecule has 0 unspecified atom stereocenters. The third-order valence-corrected chi connectivity index (χ3v) is 2.27. The summed E-state index contributed by atoms with van der Waals surface area (Å²) < 4.78 is 0. The summed E-state index contributed by atoms with van der Waals surface area (Å²) in [5.41, 5.74) is 2.56. The maximum absolute atomic E-state index is 5.58. The van der Waals surface area contributed by atoms with Gasteiger partial charge in [-0.25, -0.2) is 0 Å². The Kier molecular flexibility index (Phi) is 4.69. The van der Waals surface area contributed by atoms with Crippen LogP contribution in [0.15, 0.2) is 24.3 Å². The van der Waals surface area contributed by atoms with Crippen molar-refractivity contribution in [1.29, 1.82) is 0 Å². The topological polar surface area (TPSA) is 12.0 Å². The first-order chi connectivity index (χ1) is 6.36. The number of rotatable bonds is 5. The van der Waals surface area contributed by atoms with E-state index in [-0.39, 0.29) is 0 Å². The molecule has 0 aliphatic heterocycles. The maximum Gasteiger partial charge on any atom is 0.0340 e. The van der Waals surface area contributed by atoms with E-state index < -0.39 is 0 Å². The van der Waals surface area contributed by atoms with Crippen molar-refractivity contribution in [3.05, 3.63) is 29.8 Å². The standard InChI is InChI=1S/C11H16ClN/c1-2-10-4-6-11(7-5-10)13-9-3-8-12/h4-7,13H,2-3,8-9H2,1H3. The zero-order valence-electron chi connectivity index (χ0n) is 8.02. The fourth-order valence-electron chi connectivity index (χ4n) is 1.16. The van der Waals surface area contributed by atoms with Gasteiger partial charge in [0.2, 0.25) is 0 Å². The van der Waals surface area contributed by atoms with E-state index in [1.807, 2.05) is 0 Å². The third kappa shape index (κ3) is 3.69. The summed E-state index contributed by atoms with van der Waals surface area (Å²) >= 11 is 5.58. The van der Waals surface area contributed by atoms with Crippen LogP contribution in [0.1, 0.15) is 18.9 Å².